The lowest BCUT2D eigenvalue weighted by molar-refractivity contribution is -0.128. The van der Waals surface area contributed by atoms with Gasteiger partial charge >= 0.3 is 0 Å². The Labute approximate surface area is 222 Å². The van der Waals surface area contributed by atoms with Crippen LogP contribution in [0.3, 0.4) is 0 Å². The number of nitrogens with one attached hydrogen (secondary N) is 1. The maximum Gasteiger partial charge on any atom is 0.254 e. The van der Waals surface area contributed by atoms with Crippen molar-refractivity contribution in [1.29, 1.82) is 0 Å². The molecule has 6 nitrogen and oxygen atoms in total. The number of carbonyl (C=O) groups is 2. The van der Waals surface area contributed by atoms with Crippen molar-refractivity contribution in [3.8, 4) is 0 Å². The van der Waals surface area contributed by atoms with Crippen LogP contribution in [0.5, 0.6) is 0 Å². The van der Waals surface area contributed by atoms with Crippen molar-refractivity contribution in [1.82, 2.24) is 15.1 Å². The third-order valence-corrected chi connectivity index (χ3v) is 8.68. The Morgan fingerprint density at radius 2 is 1.70 bits per heavy atom. The molecule has 2 atom stereocenters. The average molecular weight is 515 g/mol. The molecular formula is C30H47FN4O2. The van der Waals surface area contributed by atoms with Crippen molar-refractivity contribution in [2.75, 3.05) is 19.6 Å². The largest absolute Gasteiger partial charge is 0.352 e. The average Bonchev–Trinajstić information content (AvgIpc) is 2.89. The van der Waals surface area contributed by atoms with Crippen LogP contribution in [0.1, 0.15) is 94.8 Å². The molecular weight excluding hydrogens is 467 g/mol. The van der Waals surface area contributed by atoms with Gasteiger partial charge in [0.05, 0.1) is 0 Å². The van der Waals surface area contributed by atoms with E-state index in [9.17, 15) is 14.0 Å². The Morgan fingerprint density at radius 3 is 2.35 bits per heavy atom. The van der Waals surface area contributed by atoms with Gasteiger partial charge in [-0.2, -0.15) is 0 Å². The van der Waals surface area contributed by atoms with Crippen molar-refractivity contribution in [2.24, 2.45) is 17.6 Å². The molecule has 37 heavy (non-hydrogen) atoms. The summed E-state index contributed by atoms with van der Waals surface area (Å²) in [6, 6.07) is 5.76. The van der Waals surface area contributed by atoms with Crippen molar-refractivity contribution >= 4 is 11.8 Å². The van der Waals surface area contributed by atoms with Gasteiger partial charge in [-0.3, -0.25) is 14.5 Å². The third-order valence-electron chi connectivity index (χ3n) is 8.68. The van der Waals surface area contributed by atoms with E-state index in [0.29, 0.717) is 24.4 Å². The zero-order valence-electron chi connectivity index (χ0n) is 22.8. The molecule has 2 saturated carbocycles. The maximum absolute atomic E-state index is 13.7. The van der Waals surface area contributed by atoms with Gasteiger partial charge in [0.25, 0.3) is 5.91 Å². The number of amides is 2. The van der Waals surface area contributed by atoms with Gasteiger partial charge in [0.15, 0.2) is 0 Å². The molecule has 3 fully saturated rings. The molecule has 2 amide bonds. The van der Waals surface area contributed by atoms with Crippen molar-refractivity contribution in [2.45, 2.75) is 109 Å². The highest BCUT2D eigenvalue weighted by molar-refractivity contribution is 5.97. The lowest BCUT2D eigenvalue weighted by Crippen LogP contribution is -2.59. The molecule has 206 valence electrons. The second kappa shape index (κ2) is 13.2. The van der Waals surface area contributed by atoms with Gasteiger partial charge in [0.1, 0.15) is 11.9 Å². The molecule has 1 aliphatic heterocycles. The highest BCUT2D eigenvalue weighted by atomic mass is 19.1. The first-order valence-electron chi connectivity index (χ1n) is 14.7. The van der Waals surface area contributed by atoms with E-state index in [1.165, 1.54) is 56.4 Å². The predicted molar refractivity (Wildman–Crippen MR) is 146 cm³/mol. The van der Waals surface area contributed by atoms with Crippen LogP contribution in [0.4, 0.5) is 4.39 Å². The normalized spacial score (nSPS) is 27.5. The topological polar surface area (TPSA) is 78.7 Å². The summed E-state index contributed by atoms with van der Waals surface area (Å²) in [6.45, 7) is 7.16. The molecule has 1 saturated heterocycles. The van der Waals surface area contributed by atoms with Crippen LogP contribution in [0.15, 0.2) is 24.3 Å². The van der Waals surface area contributed by atoms with Crippen LogP contribution >= 0.6 is 0 Å². The predicted octanol–water partition coefficient (Wildman–Crippen LogP) is 4.72. The first-order valence-corrected chi connectivity index (χ1v) is 14.7. The summed E-state index contributed by atoms with van der Waals surface area (Å²) in [5.41, 5.74) is 6.51. The van der Waals surface area contributed by atoms with Crippen LogP contribution < -0.4 is 11.1 Å². The number of rotatable bonds is 8. The smallest absolute Gasteiger partial charge is 0.254 e. The van der Waals surface area contributed by atoms with Crippen molar-refractivity contribution in [3.63, 3.8) is 0 Å². The lowest BCUT2D eigenvalue weighted by Gasteiger charge is -2.45. The van der Waals surface area contributed by atoms with Gasteiger partial charge in [-0.15, -0.1) is 0 Å². The van der Waals surface area contributed by atoms with Gasteiger partial charge in [-0.25, -0.2) is 4.39 Å². The van der Waals surface area contributed by atoms with E-state index < -0.39 is 6.04 Å². The number of hydrogen-bond acceptors (Lipinski definition) is 4. The van der Waals surface area contributed by atoms with Gasteiger partial charge < -0.3 is 16.0 Å². The first kappa shape index (κ1) is 28.0. The molecule has 0 aromatic heterocycles. The second-order valence-corrected chi connectivity index (χ2v) is 12.2. The molecule has 1 unspecified atom stereocenters. The summed E-state index contributed by atoms with van der Waals surface area (Å²) in [4.78, 5) is 31.6. The van der Waals surface area contributed by atoms with Crippen LogP contribution in [0, 0.1) is 17.7 Å². The first-order chi connectivity index (χ1) is 17.8. The maximum atomic E-state index is 13.7. The SMILES string of the molecule is CC(C)CN(CC1CCCCC1)C1CCN(C(=O)c2ccc(F)cc2)[C@@H](C(=O)NC2CCC(N)CC2)C1. The number of nitrogens with two attached hydrogens (primary N) is 1. The van der Waals surface area contributed by atoms with Crippen LogP contribution in [-0.2, 0) is 4.79 Å². The summed E-state index contributed by atoms with van der Waals surface area (Å²) >= 11 is 0. The summed E-state index contributed by atoms with van der Waals surface area (Å²) in [5.74, 6) is 0.660. The lowest BCUT2D eigenvalue weighted by atomic mass is 9.87. The van der Waals surface area contributed by atoms with E-state index in [0.717, 1.165) is 51.1 Å². The van der Waals surface area contributed by atoms with Gasteiger partial charge in [-0.05, 0) is 87.5 Å². The molecule has 0 radical (unpaired) electrons. The second-order valence-electron chi connectivity index (χ2n) is 12.2. The molecule has 1 aromatic rings. The third kappa shape index (κ3) is 7.76. The van der Waals surface area contributed by atoms with Crippen LogP contribution in [0.2, 0.25) is 0 Å². The Hall–Kier alpha value is -1.99. The number of benzene rings is 1. The van der Waals surface area contributed by atoms with Crippen molar-refractivity contribution < 1.29 is 14.0 Å². The number of piperidine rings is 1. The highest BCUT2D eigenvalue weighted by Gasteiger charge is 2.40. The van der Waals surface area contributed by atoms with E-state index >= 15 is 0 Å². The summed E-state index contributed by atoms with van der Waals surface area (Å²) in [5, 5.41) is 3.27. The molecule has 4 rings (SSSR count). The number of carbonyl (C=O) groups excluding carboxylic acids is 2. The molecule has 7 heteroatoms. The van der Waals surface area contributed by atoms with E-state index in [-0.39, 0.29) is 35.8 Å². The standard InChI is InChI=1S/C30H47FN4O2/c1-21(2)19-34(20-22-6-4-3-5-7-22)27-16-17-35(30(37)23-8-10-24(31)11-9-23)28(18-27)29(36)33-26-14-12-25(32)13-15-26/h8-11,21-22,25-28H,3-7,12-20,32H2,1-2H3,(H,33,36)/t25?,26?,27?,28-/m1/s1. The molecule has 2 aliphatic carbocycles. The highest BCUT2D eigenvalue weighted by Crippen LogP contribution is 2.30. The number of hydrogen-bond donors (Lipinski definition) is 2. The van der Waals surface area contributed by atoms with Gasteiger partial charge in [-0.1, -0.05) is 33.1 Å². The fourth-order valence-corrected chi connectivity index (χ4v) is 6.63. The quantitative estimate of drug-likeness (QED) is 0.526. The Balaban J connectivity index is 1.51. The zero-order valence-corrected chi connectivity index (χ0v) is 22.8. The summed E-state index contributed by atoms with van der Waals surface area (Å²) in [7, 11) is 0. The van der Waals surface area contributed by atoms with Crippen LogP contribution in [0.25, 0.3) is 0 Å². The molecule has 0 bridgehead atoms. The monoisotopic (exact) mass is 514 g/mol. The van der Waals surface area contributed by atoms with E-state index in [1.54, 1.807) is 4.90 Å². The Bertz CT molecular complexity index is 878. The molecule has 3 aliphatic rings. The van der Waals surface area contributed by atoms with Gasteiger partial charge in [0.2, 0.25) is 5.91 Å². The Morgan fingerprint density at radius 1 is 1.03 bits per heavy atom. The fourth-order valence-electron chi connectivity index (χ4n) is 6.63. The minimum atomic E-state index is -0.520. The van der Waals surface area contributed by atoms with E-state index in [1.807, 2.05) is 0 Å². The summed E-state index contributed by atoms with van der Waals surface area (Å²) in [6.07, 6.45) is 11.7. The molecule has 1 heterocycles. The van der Waals surface area contributed by atoms with Crippen LogP contribution in [-0.4, -0.2) is 65.4 Å². The summed E-state index contributed by atoms with van der Waals surface area (Å²) < 4.78 is 13.5. The molecule has 1 aromatic carbocycles. The number of nitrogens with zero attached hydrogens (tertiary/aromatic N) is 2. The van der Waals surface area contributed by atoms with E-state index in [4.69, 9.17) is 5.73 Å². The van der Waals surface area contributed by atoms with Crippen molar-refractivity contribution in [3.05, 3.63) is 35.6 Å². The Kier molecular flexibility index (Phi) is 9.99. The molecule has 3 N–H and O–H groups in total. The minimum absolute atomic E-state index is 0.0530. The zero-order chi connectivity index (χ0) is 26.4. The number of likely N-dealkylation sites (tertiary alicyclic amines) is 1. The number of halogens is 1. The molecule has 0 spiro atoms. The minimum Gasteiger partial charge on any atom is -0.352 e. The van der Waals surface area contributed by atoms with E-state index in [2.05, 4.69) is 24.1 Å². The van der Waals surface area contributed by atoms with Gasteiger partial charge in [0, 0.05) is 43.3 Å². The fraction of sp³-hybridized carbons (Fsp3) is 0.733.